The Bertz CT molecular complexity index is 1150. The summed E-state index contributed by atoms with van der Waals surface area (Å²) in [6.07, 6.45) is 0. The van der Waals surface area contributed by atoms with E-state index in [9.17, 15) is 4.79 Å². The number of aryl methyl sites for hydroxylation is 1. The molecule has 0 aliphatic heterocycles. The van der Waals surface area contributed by atoms with Gasteiger partial charge < -0.3 is 14.5 Å². The lowest BCUT2D eigenvalue weighted by molar-refractivity contribution is 0.0998. The topological polar surface area (TPSA) is 64.4 Å². The number of benzene rings is 2. The molecule has 0 saturated carbocycles. The van der Waals surface area contributed by atoms with Gasteiger partial charge in [0.2, 0.25) is 0 Å². The van der Waals surface area contributed by atoms with Gasteiger partial charge in [0, 0.05) is 5.39 Å². The fourth-order valence-corrected chi connectivity index (χ4v) is 3.25. The second-order valence-corrected chi connectivity index (χ2v) is 7.00. The summed E-state index contributed by atoms with van der Waals surface area (Å²) in [6, 6.07) is 19.3. The largest absolute Gasteiger partial charge is 0.487 e. The molecule has 1 N–H and O–H groups in total. The molecule has 1 amide bonds. The third-order valence-electron chi connectivity index (χ3n) is 4.97. The third-order valence-corrected chi connectivity index (χ3v) is 4.97. The van der Waals surface area contributed by atoms with Gasteiger partial charge in [-0.3, -0.25) is 4.79 Å². The average Bonchev–Trinajstić information content (AvgIpc) is 3.17. The number of carbonyl (C=O) groups is 1. The second-order valence-electron chi connectivity index (χ2n) is 7.00. The molecule has 0 radical (unpaired) electrons. The highest BCUT2D eigenvalue weighted by molar-refractivity contribution is 6.04. The van der Waals surface area contributed by atoms with Crippen molar-refractivity contribution in [3.8, 4) is 5.75 Å². The Hall–Kier alpha value is -3.60. The Balaban J connectivity index is 1.55. The van der Waals surface area contributed by atoms with Gasteiger partial charge in [0.25, 0.3) is 5.91 Å². The Kier molecular flexibility index (Phi) is 5.04. The zero-order valence-corrected chi connectivity index (χ0v) is 16.7. The zero-order chi connectivity index (χ0) is 20.4. The van der Waals surface area contributed by atoms with E-state index in [1.807, 2.05) is 75.4 Å². The SMILES string of the molecule is Cc1nc(NC(=O)c2cc3ccccc3o2)c(C)c(C)c1OCc1ccccc1. The molecule has 0 aliphatic carbocycles. The van der Waals surface area contributed by atoms with Crippen LogP contribution in [-0.2, 0) is 6.61 Å². The van der Waals surface area contributed by atoms with Crippen LogP contribution in [0.1, 0.15) is 32.9 Å². The van der Waals surface area contributed by atoms with Crippen LogP contribution in [-0.4, -0.2) is 10.9 Å². The van der Waals surface area contributed by atoms with Crippen LogP contribution in [0.25, 0.3) is 11.0 Å². The van der Waals surface area contributed by atoms with Crippen molar-refractivity contribution < 1.29 is 13.9 Å². The van der Waals surface area contributed by atoms with Crippen molar-refractivity contribution in [3.05, 3.63) is 88.8 Å². The molecule has 2 heterocycles. The maximum Gasteiger partial charge on any atom is 0.292 e. The molecule has 5 nitrogen and oxygen atoms in total. The van der Waals surface area contributed by atoms with Crippen LogP contribution >= 0.6 is 0 Å². The summed E-state index contributed by atoms with van der Waals surface area (Å²) in [6.45, 7) is 6.24. The molecule has 29 heavy (non-hydrogen) atoms. The second kappa shape index (κ2) is 7.80. The van der Waals surface area contributed by atoms with Gasteiger partial charge in [-0.15, -0.1) is 0 Å². The fraction of sp³-hybridized carbons (Fsp3) is 0.167. The molecular weight excluding hydrogens is 364 g/mol. The van der Waals surface area contributed by atoms with Crippen LogP contribution in [0.2, 0.25) is 0 Å². The molecule has 0 bridgehead atoms. The maximum atomic E-state index is 12.7. The number of pyridine rings is 1. The highest BCUT2D eigenvalue weighted by atomic mass is 16.5. The number of aromatic nitrogens is 1. The number of amides is 1. The molecule has 5 heteroatoms. The van der Waals surface area contributed by atoms with Crippen LogP contribution < -0.4 is 10.1 Å². The summed E-state index contributed by atoms with van der Waals surface area (Å²) in [7, 11) is 0. The number of ether oxygens (including phenoxy) is 1. The first-order valence-corrected chi connectivity index (χ1v) is 9.47. The number of anilines is 1. The van der Waals surface area contributed by atoms with Gasteiger partial charge in [0.1, 0.15) is 23.8 Å². The number of furan rings is 1. The molecule has 0 saturated heterocycles. The fourth-order valence-electron chi connectivity index (χ4n) is 3.25. The van der Waals surface area contributed by atoms with E-state index in [0.29, 0.717) is 18.0 Å². The number of para-hydroxylation sites is 1. The van der Waals surface area contributed by atoms with Gasteiger partial charge in [-0.25, -0.2) is 4.98 Å². The molecule has 4 aromatic rings. The summed E-state index contributed by atoms with van der Waals surface area (Å²) in [5.74, 6) is 1.19. The standard InChI is InChI=1S/C24H22N2O3/c1-15-16(2)23(25-17(3)22(15)28-14-18-9-5-4-6-10-18)26-24(27)21-13-19-11-7-8-12-20(19)29-21/h4-13H,14H2,1-3H3,(H,25,26,27). The average molecular weight is 386 g/mol. The van der Waals surface area contributed by atoms with E-state index in [2.05, 4.69) is 10.3 Å². The van der Waals surface area contributed by atoms with Gasteiger partial charge in [-0.2, -0.15) is 0 Å². The van der Waals surface area contributed by atoms with Crippen molar-refractivity contribution in [1.29, 1.82) is 0 Å². The van der Waals surface area contributed by atoms with Crippen molar-refractivity contribution in [3.63, 3.8) is 0 Å². The lowest BCUT2D eigenvalue weighted by atomic mass is 10.1. The number of carbonyl (C=O) groups excluding carboxylic acids is 1. The van der Waals surface area contributed by atoms with Crippen LogP contribution in [0.15, 0.2) is 65.1 Å². The Morgan fingerprint density at radius 3 is 2.48 bits per heavy atom. The molecule has 2 aromatic heterocycles. The molecular formula is C24H22N2O3. The lowest BCUT2D eigenvalue weighted by Crippen LogP contribution is -2.15. The number of fused-ring (bicyclic) bond motifs is 1. The molecule has 146 valence electrons. The molecule has 0 atom stereocenters. The number of rotatable bonds is 5. The predicted molar refractivity (Wildman–Crippen MR) is 113 cm³/mol. The first-order valence-electron chi connectivity index (χ1n) is 9.47. The number of hydrogen-bond donors (Lipinski definition) is 1. The van der Waals surface area contributed by atoms with Crippen molar-refractivity contribution in [2.24, 2.45) is 0 Å². The molecule has 0 spiro atoms. The minimum absolute atomic E-state index is 0.257. The van der Waals surface area contributed by atoms with Gasteiger partial charge in [0.15, 0.2) is 5.76 Å². The van der Waals surface area contributed by atoms with Crippen LogP contribution in [0.5, 0.6) is 5.75 Å². The zero-order valence-electron chi connectivity index (χ0n) is 16.7. The quantitative estimate of drug-likeness (QED) is 0.486. The van der Waals surface area contributed by atoms with Gasteiger partial charge >= 0.3 is 0 Å². The molecule has 0 unspecified atom stereocenters. The van der Waals surface area contributed by atoms with Crippen LogP contribution in [0.4, 0.5) is 5.82 Å². The van der Waals surface area contributed by atoms with E-state index < -0.39 is 0 Å². The minimum atomic E-state index is -0.325. The molecule has 0 fully saturated rings. The number of nitrogens with one attached hydrogen (secondary N) is 1. The van der Waals surface area contributed by atoms with Gasteiger partial charge in [0.05, 0.1) is 5.69 Å². The molecule has 2 aromatic carbocycles. The highest BCUT2D eigenvalue weighted by Gasteiger charge is 2.18. The van der Waals surface area contributed by atoms with E-state index in [-0.39, 0.29) is 11.7 Å². The summed E-state index contributed by atoms with van der Waals surface area (Å²) in [5, 5.41) is 3.76. The first kappa shape index (κ1) is 18.7. The summed E-state index contributed by atoms with van der Waals surface area (Å²) >= 11 is 0. The van der Waals surface area contributed by atoms with E-state index >= 15 is 0 Å². The van der Waals surface area contributed by atoms with Crippen LogP contribution in [0.3, 0.4) is 0 Å². The van der Waals surface area contributed by atoms with Gasteiger partial charge in [-0.1, -0.05) is 48.5 Å². The van der Waals surface area contributed by atoms with Crippen molar-refractivity contribution >= 4 is 22.7 Å². The Labute approximate surface area is 169 Å². The summed E-state index contributed by atoms with van der Waals surface area (Å²) in [5.41, 5.74) is 4.31. The smallest absolute Gasteiger partial charge is 0.292 e. The van der Waals surface area contributed by atoms with Crippen molar-refractivity contribution in [2.45, 2.75) is 27.4 Å². The Morgan fingerprint density at radius 1 is 1.00 bits per heavy atom. The predicted octanol–water partition coefficient (Wildman–Crippen LogP) is 5.58. The molecule has 0 aliphatic rings. The maximum absolute atomic E-state index is 12.7. The number of nitrogens with zero attached hydrogens (tertiary/aromatic N) is 1. The molecule has 4 rings (SSSR count). The van der Waals surface area contributed by atoms with Gasteiger partial charge in [-0.05, 0) is 49.6 Å². The van der Waals surface area contributed by atoms with Crippen molar-refractivity contribution in [1.82, 2.24) is 4.98 Å². The van der Waals surface area contributed by atoms with E-state index in [1.54, 1.807) is 6.07 Å². The number of hydrogen-bond acceptors (Lipinski definition) is 4. The third kappa shape index (κ3) is 3.85. The Morgan fingerprint density at radius 2 is 1.72 bits per heavy atom. The van der Waals surface area contributed by atoms with Crippen LogP contribution in [0, 0.1) is 20.8 Å². The van der Waals surface area contributed by atoms with Crippen molar-refractivity contribution in [2.75, 3.05) is 5.32 Å². The minimum Gasteiger partial charge on any atom is -0.487 e. The monoisotopic (exact) mass is 386 g/mol. The highest BCUT2D eigenvalue weighted by Crippen LogP contribution is 2.30. The first-order chi connectivity index (χ1) is 14.0. The summed E-state index contributed by atoms with van der Waals surface area (Å²) in [4.78, 5) is 17.2. The van der Waals surface area contributed by atoms with E-state index in [1.165, 1.54) is 0 Å². The van der Waals surface area contributed by atoms with E-state index in [0.717, 1.165) is 33.5 Å². The summed E-state index contributed by atoms with van der Waals surface area (Å²) < 4.78 is 11.7. The lowest BCUT2D eigenvalue weighted by Gasteiger charge is -2.16. The van der Waals surface area contributed by atoms with E-state index in [4.69, 9.17) is 9.15 Å². The normalized spacial score (nSPS) is 10.9.